The predicted octanol–water partition coefficient (Wildman–Crippen LogP) is 5.27. The van der Waals surface area contributed by atoms with Crippen molar-refractivity contribution in [1.29, 1.82) is 0 Å². The fourth-order valence-electron chi connectivity index (χ4n) is 4.39. The van der Waals surface area contributed by atoms with Crippen LogP contribution >= 0.6 is 0 Å². The van der Waals surface area contributed by atoms with Crippen LogP contribution in [0.1, 0.15) is 56.0 Å². The van der Waals surface area contributed by atoms with E-state index in [4.69, 9.17) is 0 Å². The van der Waals surface area contributed by atoms with Crippen molar-refractivity contribution < 1.29 is 19.5 Å². The van der Waals surface area contributed by atoms with Crippen molar-refractivity contribution in [2.24, 2.45) is 0 Å². The van der Waals surface area contributed by atoms with Gasteiger partial charge in [-0.2, -0.15) is 0 Å². The zero-order valence-corrected chi connectivity index (χ0v) is 21.0. The molecule has 1 aliphatic heterocycles. The average Bonchev–Trinajstić information content (AvgIpc) is 3.09. The number of aliphatic hydroxyl groups is 1. The molecule has 36 heavy (non-hydrogen) atoms. The molecule has 2 amide bonds. The molecule has 4 rings (SSSR count). The van der Waals surface area contributed by atoms with Gasteiger partial charge in [0.05, 0.1) is 11.6 Å². The molecule has 184 valence electrons. The third-order valence-corrected chi connectivity index (χ3v) is 6.27. The molecule has 0 radical (unpaired) electrons. The number of aryl methyl sites for hydroxylation is 1. The van der Waals surface area contributed by atoms with E-state index in [9.17, 15) is 19.5 Å². The van der Waals surface area contributed by atoms with Crippen molar-refractivity contribution in [3.05, 3.63) is 94.8 Å². The van der Waals surface area contributed by atoms with Crippen molar-refractivity contribution in [3.8, 4) is 0 Å². The van der Waals surface area contributed by atoms with Crippen molar-refractivity contribution in [2.45, 2.75) is 46.1 Å². The molecule has 7 nitrogen and oxygen atoms in total. The summed E-state index contributed by atoms with van der Waals surface area (Å²) in [5, 5.41) is 14.3. The summed E-state index contributed by atoms with van der Waals surface area (Å²) in [5.74, 6) is -2.02. The summed E-state index contributed by atoms with van der Waals surface area (Å²) < 4.78 is 0. The molecule has 2 aromatic carbocycles. The molecule has 0 bridgehead atoms. The minimum atomic E-state index is -0.877. The van der Waals surface area contributed by atoms with Crippen molar-refractivity contribution in [3.63, 3.8) is 0 Å². The number of ketones is 1. The van der Waals surface area contributed by atoms with Gasteiger partial charge in [0.15, 0.2) is 0 Å². The van der Waals surface area contributed by atoms with E-state index in [2.05, 4.69) is 31.1 Å². The number of aromatic nitrogens is 1. The Morgan fingerprint density at radius 3 is 2.36 bits per heavy atom. The largest absolute Gasteiger partial charge is 0.507 e. The minimum absolute atomic E-state index is 0.00490. The zero-order valence-electron chi connectivity index (χ0n) is 21.0. The topological polar surface area (TPSA) is 99.6 Å². The Labute approximate surface area is 210 Å². The average molecular weight is 484 g/mol. The van der Waals surface area contributed by atoms with Crippen LogP contribution in [-0.2, 0) is 19.8 Å². The number of nitrogens with zero attached hydrogens (tertiary/aromatic N) is 2. The molecule has 2 heterocycles. The molecule has 1 unspecified atom stereocenters. The molecule has 0 aliphatic carbocycles. The van der Waals surface area contributed by atoms with E-state index in [-0.39, 0.29) is 22.7 Å². The van der Waals surface area contributed by atoms with Crippen LogP contribution in [0.2, 0.25) is 0 Å². The predicted molar refractivity (Wildman–Crippen MR) is 140 cm³/mol. The summed E-state index contributed by atoms with van der Waals surface area (Å²) in [7, 11) is 0. The third-order valence-electron chi connectivity index (χ3n) is 6.27. The summed E-state index contributed by atoms with van der Waals surface area (Å²) in [6.07, 6.45) is 3.16. The van der Waals surface area contributed by atoms with Crippen LogP contribution in [0.15, 0.2) is 72.6 Å². The van der Waals surface area contributed by atoms with Gasteiger partial charge in [-0.1, -0.05) is 39.0 Å². The minimum Gasteiger partial charge on any atom is -0.507 e. The Balaban J connectivity index is 1.94. The molecular weight excluding hydrogens is 454 g/mol. The summed E-state index contributed by atoms with van der Waals surface area (Å²) in [6.45, 7) is 9.46. The van der Waals surface area contributed by atoms with Crippen LogP contribution < -0.4 is 10.2 Å². The first-order chi connectivity index (χ1) is 17.0. The lowest BCUT2D eigenvalue weighted by atomic mass is 9.84. The number of anilines is 2. The molecule has 2 N–H and O–H groups in total. The summed E-state index contributed by atoms with van der Waals surface area (Å²) in [4.78, 5) is 43.9. The monoisotopic (exact) mass is 483 g/mol. The summed E-state index contributed by atoms with van der Waals surface area (Å²) >= 11 is 0. The van der Waals surface area contributed by atoms with Crippen molar-refractivity contribution in [2.75, 3.05) is 10.2 Å². The molecule has 3 aromatic rings. The third kappa shape index (κ3) is 4.64. The van der Waals surface area contributed by atoms with Crippen LogP contribution in [0.5, 0.6) is 0 Å². The van der Waals surface area contributed by atoms with Gasteiger partial charge in [-0.3, -0.25) is 24.3 Å². The van der Waals surface area contributed by atoms with Crippen molar-refractivity contribution in [1.82, 2.24) is 4.98 Å². The smallest absolute Gasteiger partial charge is 0.300 e. The van der Waals surface area contributed by atoms with E-state index in [0.717, 1.165) is 11.1 Å². The molecular formula is C29H29N3O4. The SMILES string of the molecule is CC(=O)Nc1cccc(N2C(=O)C(=O)/C(=C(/O)c3cc(C(C)(C)C)ccc3C)C2c2ccncc2)c1. The Kier molecular flexibility index (Phi) is 6.50. The van der Waals surface area contributed by atoms with Crippen LogP contribution in [0, 0.1) is 6.92 Å². The second kappa shape index (κ2) is 9.41. The molecule has 1 aromatic heterocycles. The number of pyridine rings is 1. The summed E-state index contributed by atoms with van der Waals surface area (Å²) in [5.41, 5.74) is 3.65. The van der Waals surface area contributed by atoms with Gasteiger partial charge >= 0.3 is 0 Å². The van der Waals surface area contributed by atoms with Gasteiger partial charge in [0, 0.05) is 36.3 Å². The van der Waals surface area contributed by atoms with E-state index in [1.54, 1.807) is 48.8 Å². The number of hydrogen-bond acceptors (Lipinski definition) is 5. The number of aliphatic hydroxyl groups excluding tert-OH is 1. The zero-order chi connectivity index (χ0) is 26.2. The Hall–Kier alpha value is -4.26. The number of Topliss-reactive ketones (excluding diaryl/α,β-unsaturated/α-hetero) is 1. The first-order valence-electron chi connectivity index (χ1n) is 11.7. The van der Waals surface area contributed by atoms with Gasteiger partial charge in [-0.15, -0.1) is 0 Å². The lowest BCUT2D eigenvalue weighted by Gasteiger charge is -2.26. The molecule has 0 saturated carbocycles. The summed E-state index contributed by atoms with van der Waals surface area (Å²) in [6, 6.07) is 15.0. The standard InChI is InChI=1S/C29H29N3O4/c1-17-9-10-20(29(3,4)5)15-23(17)26(34)24-25(19-11-13-30-14-12-19)32(28(36)27(24)35)22-8-6-7-21(16-22)31-18(2)33/h6-16,25,34H,1-5H3,(H,31,33)/b26-24+. The molecule has 1 atom stereocenters. The lowest BCUT2D eigenvalue weighted by molar-refractivity contribution is -0.132. The Morgan fingerprint density at radius 1 is 1.03 bits per heavy atom. The first-order valence-corrected chi connectivity index (χ1v) is 11.7. The van der Waals surface area contributed by atoms with E-state index >= 15 is 0 Å². The molecule has 0 spiro atoms. The van der Waals surface area contributed by atoms with Gasteiger partial charge in [-0.05, 0) is 65.4 Å². The lowest BCUT2D eigenvalue weighted by Crippen LogP contribution is -2.29. The molecule has 1 saturated heterocycles. The molecule has 1 fully saturated rings. The van der Waals surface area contributed by atoms with E-state index in [0.29, 0.717) is 22.5 Å². The van der Waals surface area contributed by atoms with E-state index in [1.807, 2.05) is 25.1 Å². The number of nitrogens with one attached hydrogen (secondary N) is 1. The highest BCUT2D eigenvalue weighted by Crippen LogP contribution is 2.43. The highest BCUT2D eigenvalue weighted by Gasteiger charge is 2.47. The Bertz CT molecular complexity index is 1390. The number of amides is 2. The van der Waals surface area contributed by atoms with Crippen LogP contribution in [0.4, 0.5) is 11.4 Å². The fourth-order valence-corrected chi connectivity index (χ4v) is 4.39. The fraction of sp³-hybridized carbons (Fsp3) is 0.241. The van der Waals surface area contributed by atoms with E-state index in [1.165, 1.54) is 11.8 Å². The van der Waals surface area contributed by atoms with Gasteiger partial charge < -0.3 is 10.4 Å². The highest BCUT2D eigenvalue weighted by atomic mass is 16.3. The Morgan fingerprint density at radius 2 is 1.72 bits per heavy atom. The number of carbonyl (C=O) groups is 3. The van der Waals surface area contributed by atoms with Gasteiger partial charge in [0.2, 0.25) is 5.91 Å². The number of carbonyl (C=O) groups excluding carboxylic acids is 3. The molecule has 1 aliphatic rings. The van der Waals surface area contributed by atoms with Crippen LogP contribution in [0.3, 0.4) is 0 Å². The van der Waals surface area contributed by atoms with Gasteiger partial charge in [0.25, 0.3) is 11.7 Å². The van der Waals surface area contributed by atoms with Gasteiger partial charge in [0.1, 0.15) is 5.76 Å². The number of hydrogen-bond donors (Lipinski definition) is 2. The number of benzene rings is 2. The maximum Gasteiger partial charge on any atom is 0.300 e. The van der Waals surface area contributed by atoms with Gasteiger partial charge in [-0.25, -0.2) is 0 Å². The van der Waals surface area contributed by atoms with Crippen LogP contribution in [0.25, 0.3) is 5.76 Å². The first kappa shape index (κ1) is 24.9. The molecule has 7 heteroatoms. The normalized spacial score (nSPS) is 17.4. The van der Waals surface area contributed by atoms with Crippen molar-refractivity contribution >= 4 is 34.7 Å². The second-order valence-electron chi connectivity index (χ2n) is 9.96. The number of rotatable bonds is 4. The maximum absolute atomic E-state index is 13.4. The van der Waals surface area contributed by atoms with Crippen LogP contribution in [-0.4, -0.2) is 27.7 Å². The quantitative estimate of drug-likeness (QED) is 0.299. The van der Waals surface area contributed by atoms with E-state index < -0.39 is 17.7 Å². The second-order valence-corrected chi connectivity index (χ2v) is 9.96. The maximum atomic E-state index is 13.4. The highest BCUT2D eigenvalue weighted by molar-refractivity contribution is 6.51.